The molecule has 60 heavy (non-hydrogen) atoms. The van der Waals surface area contributed by atoms with Crippen LogP contribution in [0.15, 0.2) is 170 Å². The molecule has 0 fully saturated rings. The summed E-state index contributed by atoms with van der Waals surface area (Å²) in [5.41, 5.74) is 22.5. The van der Waals surface area contributed by atoms with Gasteiger partial charge in [0.2, 0.25) is 0 Å². The Hall–Kier alpha value is -6.90. The van der Waals surface area contributed by atoms with Gasteiger partial charge in [0, 0.05) is 34.1 Å². The van der Waals surface area contributed by atoms with Crippen molar-refractivity contribution < 1.29 is 0 Å². The first kappa shape index (κ1) is 37.4. The molecule has 2 aliphatic rings. The zero-order chi connectivity index (χ0) is 41.1. The van der Waals surface area contributed by atoms with Gasteiger partial charge in [-0.15, -0.1) is 0 Å². The first-order valence-corrected chi connectivity index (χ1v) is 21.3. The summed E-state index contributed by atoms with van der Waals surface area (Å²) < 4.78 is 0. The highest BCUT2D eigenvalue weighted by molar-refractivity contribution is 6.08. The van der Waals surface area contributed by atoms with Gasteiger partial charge >= 0.3 is 0 Å². The van der Waals surface area contributed by atoms with Gasteiger partial charge in [-0.05, 0) is 150 Å². The van der Waals surface area contributed by atoms with Crippen LogP contribution in [0.5, 0.6) is 0 Å². The molecule has 0 spiro atoms. The fraction of sp³-hybridized carbons (Fsp3) is 0.138. The monoisotopic (exact) mass is 774 g/mol. The standard InChI is InChI=1S/C58H50N2/c1-37-15-7-11-19-47(37)45-25-23-41(5)55(35-45)59(51-21-13-9-17-39(51)3)53-33-29-43-28-32-50-54(34-30-44-27-31-49(53)57(43)58(44)50)60(52-22-14-10-18-40(52)4)56-36-46(26-24-42(56)6)48-20-12-8-16-38(48)2/h7-36,49,53H,1-6H3. The van der Waals surface area contributed by atoms with Gasteiger partial charge in [0.1, 0.15) is 0 Å². The smallest absolute Gasteiger partial charge is 0.0629 e. The SMILES string of the molecule is Cc1ccccc1-c1ccc(C)c(N(c2ccccc2C)c2ccc3c4c5c(ccc24)C=CC(N(c2ccccc2C)c2cc(-c4ccccc4C)ccc2C)C5C=C3)c1. The number of benzene rings is 8. The second kappa shape index (κ2) is 15.0. The van der Waals surface area contributed by atoms with E-state index in [4.69, 9.17) is 0 Å². The number of hydrogen-bond acceptors (Lipinski definition) is 2. The Labute approximate surface area is 355 Å². The van der Waals surface area contributed by atoms with E-state index in [1.807, 2.05) is 0 Å². The summed E-state index contributed by atoms with van der Waals surface area (Å²) in [5, 5.41) is 2.60. The molecule has 8 aromatic rings. The third-order valence-electron chi connectivity index (χ3n) is 13.0. The van der Waals surface area contributed by atoms with E-state index in [0.717, 1.165) is 0 Å². The highest BCUT2D eigenvalue weighted by Gasteiger charge is 2.36. The minimum Gasteiger partial charge on any atom is -0.333 e. The molecule has 8 aromatic carbocycles. The van der Waals surface area contributed by atoms with Crippen LogP contribution >= 0.6 is 0 Å². The summed E-state index contributed by atoms with van der Waals surface area (Å²) in [6.07, 6.45) is 9.68. The molecule has 0 amide bonds. The van der Waals surface area contributed by atoms with Gasteiger partial charge in [0.15, 0.2) is 0 Å². The number of rotatable bonds is 8. The molecule has 2 atom stereocenters. The highest BCUT2D eigenvalue weighted by Crippen LogP contribution is 2.51. The van der Waals surface area contributed by atoms with Crippen molar-refractivity contribution in [2.24, 2.45) is 0 Å². The molecule has 0 N–H and O–H groups in total. The molecule has 2 heteroatoms. The van der Waals surface area contributed by atoms with Crippen molar-refractivity contribution in [3.8, 4) is 22.3 Å². The van der Waals surface area contributed by atoms with Gasteiger partial charge in [-0.3, -0.25) is 0 Å². The van der Waals surface area contributed by atoms with E-state index in [1.54, 1.807) is 0 Å². The summed E-state index contributed by atoms with van der Waals surface area (Å²) in [5.74, 6) is 0.121. The van der Waals surface area contributed by atoms with Crippen LogP contribution in [0.2, 0.25) is 0 Å². The van der Waals surface area contributed by atoms with Crippen molar-refractivity contribution in [1.29, 1.82) is 0 Å². The van der Waals surface area contributed by atoms with Gasteiger partial charge in [0.05, 0.1) is 11.7 Å². The molecule has 0 bridgehead atoms. The molecule has 2 nitrogen and oxygen atoms in total. The fourth-order valence-electron chi connectivity index (χ4n) is 9.83. The van der Waals surface area contributed by atoms with E-state index >= 15 is 0 Å². The van der Waals surface area contributed by atoms with Gasteiger partial charge < -0.3 is 9.80 Å². The van der Waals surface area contributed by atoms with Crippen molar-refractivity contribution in [2.75, 3.05) is 9.80 Å². The largest absolute Gasteiger partial charge is 0.333 e. The fourth-order valence-corrected chi connectivity index (χ4v) is 9.83. The summed E-state index contributed by atoms with van der Waals surface area (Å²) in [6, 6.07) is 58.5. The molecule has 0 saturated heterocycles. The Kier molecular flexibility index (Phi) is 9.37. The summed E-state index contributed by atoms with van der Waals surface area (Å²) in [7, 11) is 0. The topological polar surface area (TPSA) is 6.48 Å². The molecule has 292 valence electrons. The minimum atomic E-state index is 0.0450. The minimum absolute atomic E-state index is 0.0450. The summed E-state index contributed by atoms with van der Waals surface area (Å²) in [6.45, 7) is 13.4. The maximum Gasteiger partial charge on any atom is 0.0629 e. The molecule has 0 heterocycles. The van der Waals surface area contributed by atoms with E-state index in [2.05, 4.69) is 233 Å². The number of hydrogen-bond donors (Lipinski definition) is 0. The van der Waals surface area contributed by atoms with Crippen LogP contribution in [0.4, 0.5) is 28.4 Å². The zero-order valence-corrected chi connectivity index (χ0v) is 35.4. The first-order chi connectivity index (χ1) is 29.3. The average Bonchev–Trinajstić information content (AvgIpc) is 3.26. The molecule has 0 aliphatic heterocycles. The Balaban J connectivity index is 1.17. The Morgan fingerprint density at radius 2 is 0.900 bits per heavy atom. The van der Waals surface area contributed by atoms with Crippen LogP contribution in [0.1, 0.15) is 56.0 Å². The molecule has 0 saturated carbocycles. The highest BCUT2D eigenvalue weighted by atomic mass is 15.2. The maximum atomic E-state index is 2.62. The maximum absolute atomic E-state index is 2.62. The molecule has 0 aromatic heterocycles. The number of para-hydroxylation sites is 2. The summed E-state index contributed by atoms with van der Waals surface area (Å²) in [4.78, 5) is 5.14. The van der Waals surface area contributed by atoms with Crippen LogP contribution in [0, 0.1) is 41.5 Å². The van der Waals surface area contributed by atoms with Crippen LogP contribution in [0.3, 0.4) is 0 Å². The van der Waals surface area contributed by atoms with E-state index in [-0.39, 0.29) is 12.0 Å². The van der Waals surface area contributed by atoms with Crippen LogP contribution in [0.25, 0.3) is 45.2 Å². The normalized spacial score (nSPS) is 15.0. The van der Waals surface area contributed by atoms with Crippen molar-refractivity contribution in [1.82, 2.24) is 0 Å². The van der Waals surface area contributed by atoms with Crippen molar-refractivity contribution in [2.45, 2.75) is 53.5 Å². The second-order valence-electron chi connectivity index (χ2n) is 16.8. The zero-order valence-electron chi connectivity index (χ0n) is 35.4. The van der Waals surface area contributed by atoms with E-state index in [0.29, 0.717) is 0 Å². The van der Waals surface area contributed by atoms with Gasteiger partial charge in [-0.1, -0.05) is 152 Å². The van der Waals surface area contributed by atoms with Gasteiger partial charge in [0.25, 0.3) is 0 Å². The average molecular weight is 775 g/mol. The quantitative estimate of drug-likeness (QED) is 0.152. The van der Waals surface area contributed by atoms with E-state index < -0.39 is 0 Å². The lowest BCUT2D eigenvalue weighted by Gasteiger charge is -2.42. The molecule has 10 rings (SSSR count). The van der Waals surface area contributed by atoms with Crippen LogP contribution in [-0.4, -0.2) is 6.04 Å². The summed E-state index contributed by atoms with van der Waals surface area (Å²) >= 11 is 0. The first-order valence-electron chi connectivity index (χ1n) is 21.3. The van der Waals surface area contributed by atoms with Gasteiger partial charge in [-0.2, -0.15) is 0 Å². The molecule has 2 aliphatic carbocycles. The van der Waals surface area contributed by atoms with Gasteiger partial charge in [-0.25, -0.2) is 0 Å². The number of anilines is 5. The molecule has 0 radical (unpaired) electrons. The number of nitrogens with zero attached hydrogens (tertiary/aromatic N) is 2. The lowest BCUT2D eigenvalue weighted by Crippen LogP contribution is -2.37. The Morgan fingerprint density at radius 1 is 0.383 bits per heavy atom. The van der Waals surface area contributed by atoms with Crippen molar-refractivity contribution in [3.63, 3.8) is 0 Å². The molecule has 2 unspecified atom stereocenters. The van der Waals surface area contributed by atoms with Crippen molar-refractivity contribution >= 4 is 51.4 Å². The van der Waals surface area contributed by atoms with E-state index in [1.165, 1.54) is 112 Å². The van der Waals surface area contributed by atoms with E-state index in [9.17, 15) is 0 Å². The third-order valence-corrected chi connectivity index (χ3v) is 13.0. The number of aryl methyl sites for hydroxylation is 6. The third kappa shape index (κ3) is 6.26. The Morgan fingerprint density at radius 3 is 1.53 bits per heavy atom. The van der Waals surface area contributed by atoms with Crippen LogP contribution < -0.4 is 9.80 Å². The van der Waals surface area contributed by atoms with Crippen molar-refractivity contribution in [3.05, 3.63) is 220 Å². The predicted molar refractivity (Wildman–Crippen MR) is 258 cm³/mol. The predicted octanol–water partition coefficient (Wildman–Crippen LogP) is 15.8. The second-order valence-corrected chi connectivity index (χ2v) is 16.8. The molecular weight excluding hydrogens is 725 g/mol. The lowest BCUT2D eigenvalue weighted by molar-refractivity contribution is 0.692. The Bertz CT molecular complexity index is 3040. The molecular formula is C58H50N2. The lowest BCUT2D eigenvalue weighted by atomic mass is 9.75. The van der Waals surface area contributed by atoms with Crippen LogP contribution in [-0.2, 0) is 0 Å².